The summed E-state index contributed by atoms with van der Waals surface area (Å²) in [5, 5.41) is 9.30. The highest BCUT2D eigenvalue weighted by Crippen LogP contribution is 2.58. The molecule has 3 amide bonds. The SMILES string of the molecule is COc1ccc(CNC(=O)NC2CC3(C2)CC(C(=O)N[C@@H]2CCc4ccccc4C2)C3)cc1. The molecule has 5 rings (SSSR count). The molecule has 2 aromatic carbocycles. The Hall–Kier alpha value is -3.02. The van der Waals surface area contributed by atoms with Gasteiger partial charge in [-0.1, -0.05) is 36.4 Å². The van der Waals surface area contributed by atoms with E-state index in [4.69, 9.17) is 4.74 Å². The Labute approximate surface area is 195 Å². The molecule has 2 saturated carbocycles. The summed E-state index contributed by atoms with van der Waals surface area (Å²) in [6.07, 6.45) is 6.87. The zero-order valence-electron chi connectivity index (χ0n) is 19.2. The van der Waals surface area contributed by atoms with Crippen molar-refractivity contribution in [1.82, 2.24) is 16.0 Å². The fraction of sp³-hybridized carbons (Fsp3) is 0.481. The summed E-state index contributed by atoms with van der Waals surface area (Å²) in [6, 6.07) is 16.6. The van der Waals surface area contributed by atoms with Crippen molar-refractivity contribution in [3.8, 4) is 5.75 Å². The van der Waals surface area contributed by atoms with Gasteiger partial charge in [0.1, 0.15) is 5.75 Å². The third kappa shape index (κ3) is 4.85. The monoisotopic (exact) mass is 447 g/mol. The first kappa shape index (κ1) is 21.8. The van der Waals surface area contributed by atoms with Gasteiger partial charge in [0.05, 0.1) is 7.11 Å². The van der Waals surface area contributed by atoms with Crippen LogP contribution >= 0.6 is 0 Å². The van der Waals surface area contributed by atoms with E-state index in [0.29, 0.717) is 6.54 Å². The maximum absolute atomic E-state index is 12.8. The minimum atomic E-state index is -0.128. The second kappa shape index (κ2) is 9.08. The molecule has 0 radical (unpaired) electrons. The Kier molecular flexibility index (Phi) is 6.00. The lowest BCUT2D eigenvalue weighted by atomic mass is 9.50. The molecule has 0 aromatic heterocycles. The minimum absolute atomic E-state index is 0.128. The number of hydrogen-bond donors (Lipinski definition) is 3. The van der Waals surface area contributed by atoms with Crippen molar-refractivity contribution in [1.29, 1.82) is 0 Å². The van der Waals surface area contributed by atoms with Gasteiger partial charge in [0.15, 0.2) is 0 Å². The average Bonchev–Trinajstić information content (AvgIpc) is 2.78. The highest BCUT2D eigenvalue weighted by Gasteiger charge is 2.55. The van der Waals surface area contributed by atoms with Crippen LogP contribution in [0.25, 0.3) is 0 Å². The summed E-state index contributed by atoms with van der Waals surface area (Å²) in [5.41, 5.74) is 4.09. The average molecular weight is 448 g/mol. The maximum atomic E-state index is 12.8. The Bertz CT molecular complexity index is 1010. The van der Waals surface area contributed by atoms with Crippen LogP contribution in [-0.2, 0) is 24.2 Å². The van der Waals surface area contributed by atoms with Gasteiger partial charge in [-0.15, -0.1) is 0 Å². The molecule has 6 nitrogen and oxygen atoms in total. The van der Waals surface area contributed by atoms with Gasteiger partial charge in [0, 0.05) is 24.5 Å². The van der Waals surface area contributed by atoms with E-state index in [2.05, 4.69) is 40.2 Å². The Morgan fingerprint density at radius 3 is 2.39 bits per heavy atom. The van der Waals surface area contributed by atoms with E-state index in [-0.39, 0.29) is 35.4 Å². The fourth-order valence-electron chi connectivity index (χ4n) is 5.89. The van der Waals surface area contributed by atoms with E-state index in [1.807, 2.05) is 24.3 Å². The number of ether oxygens (including phenoxy) is 1. The summed E-state index contributed by atoms with van der Waals surface area (Å²) in [7, 11) is 1.64. The van der Waals surface area contributed by atoms with Gasteiger partial charge >= 0.3 is 6.03 Å². The van der Waals surface area contributed by atoms with E-state index in [9.17, 15) is 9.59 Å². The zero-order valence-corrected chi connectivity index (χ0v) is 19.2. The largest absolute Gasteiger partial charge is 0.497 e. The summed E-state index contributed by atoms with van der Waals surface area (Å²) < 4.78 is 5.15. The normalized spacial score (nSPS) is 27.5. The molecule has 0 saturated heterocycles. The second-order valence-electron chi connectivity index (χ2n) is 10.1. The van der Waals surface area contributed by atoms with Crippen LogP contribution in [0.4, 0.5) is 4.79 Å². The zero-order chi connectivity index (χ0) is 22.8. The number of rotatable bonds is 6. The number of nitrogens with one attached hydrogen (secondary N) is 3. The molecule has 0 bridgehead atoms. The summed E-state index contributed by atoms with van der Waals surface area (Å²) >= 11 is 0. The molecule has 2 aromatic rings. The van der Waals surface area contributed by atoms with Gasteiger partial charge < -0.3 is 20.7 Å². The van der Waals surface area contributed by atoms with Gasteiger partial charge in [-0.2, -0.15) is 0 Å². The fourth-order valence-corrected chi connectivity index (χ4v) is 5.89. The first-order valence-corrected chi connectivity index (χ1v) is 12.1. The molecule has 3 aliphatic carbocycles. The van der Waals surface area contributed by atoms with Crippen LogP contribution in [0.3, 0.4) is 0 Å². The predicted molar refractivity (Wildman–Crippen MR) is 127 cm³/mol. The van der Waals surface area contributed by atoms with E-state index in [1.165, 1.54) is 11.1 Å². The molecule has 1 atom stereocenters. The van der Waals surface area contributed by atoms with Crippen molar-refractivity contribution < 1.29 is 14.3 Å². The quantitative estimate of drug-likeness (QED) is 0.631. The van der Waals surface area contributed by atoms with Gasteiger partial charge in [0.2, 0.25) is 5.91 Å². The van der Waals surface area contributed by atoms with Gasteiger partial charge in [-0.05, 0) is 79.2 Å². The van der Waals surface area contributed by atoms with Crippen LogP contribution in [-0.4, -0.2) is 31.1 Å². The molecular weight excluding hydrogens is 414 g/mol. The number of aryl methyl sites for hydroxylation is 1. The summed E-state index contributed by atoms with van der Waals surface area (Å²) in [4.78, 5) is 25.0. The molecule has 3 aliphatic rings. The Morgan fingerprint density at radius 2 is 1.67 bits per heavy atom. The van der Waals surface area contributed by atoms with Crippen LogP contribution in [0, 0.1) is 11.3 Å². The highest BCUT2D eigenvalue weighted by atomic mass is 16.5. The van der Waals surface area contributed by atoms with Gasteiger partial charge in [-0.25, -0.2) is 4.79 Å². The Morgan fingerprint density at radius 1 is 0.939 bits per heavy atom. The molecule has 2 fully saturated rings. The van der Waals surface area contributed by atoms with E-state index in [1.54, 1.807) is 7.11 Å². The number of carbonyl (C=O) groups is 2. The lowest BCUT2D eigenvalue weighted by Gasteiger charge is -2.57. The number of methoxy groups -OCH3 is 1. The third-order valence-electron chi connectivity index (χ3n) is 7.73. The highest BCUT2D eigenvalue weighted by molar-refractivity contribution is 5.80. The molecule has 33 heavy (non-hydrogen) atoms. The van der Waals surface area contributed by atoms with Crippen molar-refractivity contribution >= 4 is 11.9 Å². The number of hydrogen-bond acceptors (Lipinski definition) is 3. The minimum Gasteiger partial charge on any atom is -0.497 e. The molecule has 3 N–H and O–H groups in total. The van der Waals surface area contributed by atoms with Crippen molar-refractivity contribution in [3.63, 3.8) is 0 Å². The molecule has 1 spiro atoms. The van der Waals surface area contributed by atoms with Crippen molar-refractivity contribution in [3.05, 3.63) is 65.2 Å². The Balaban J connectivity index is 0.996. The number of urea groups is 1. The number of amides is 3. The predicted octanol–water partition coefficient (Wildman–Crippen LogP) is 3.73. The van der Waals surface area contributed by atoms with E-state index >= 15 is 0 Å². The molecule has 0 unspecified atom stereocenters. The molecule has 0 aliphatic heterocycles. The van der Waals surface area contributed by atoms with Crippen LogP contribution in [0.5, 0.6) is 5.75 Å². The van der Waals surface area contributed by atoms with Crippen LogP contribution in [0.1, 0.15) is 48.8 Å². The topological polar surface area (TPSA) is 79.5 Å². The van der Waals surface area contributed by atoms with Crippen molar-refractivity contribution in [2.45, 2.75) is 63.6 Å². The first-order chi connectivity index (χ1) is 16.0. The second-order valence-corrected chi connectivity index (χ2v) is 10.1. The summed E-state index contributed by atoms with van der Waals surface area (Å²) in [5.74, 6) is 1.16. The number of carbonyl (C=O) groups excluding carboxylic acids is 2. The molecule has 174 valence electrons. The molecule has 6 heteroatoms. The molecular formula is C27H33N3O3. The standard InChI is InChI=1S/C27H33N3O3/c1-33-24-10-6-18(7-11-24)17-28-26(32)30-23-15-27(16-23)13-21(14-27)25(31)29-22-9-8-19-4-2-3-5-20(19)12-22/h2-7,10-11,21-23H,8-9,12-17H2,1H3,(H,29,31)(H2,28,30,32)/t21?,22-,23?,27?/m1/s1. The van der Waals surface area contributed by atoms with Crippen LogP contribution < -0.4 is 20.7 Å². The number of fused-ring (bicyclic) bond motifs is 1. The van der Waals surface area contributed by atoms with Gasteiger partial charge in [0.25, 0.3) is 0 Å². The molecule has 0 heterocycles. The van der Waals surface area contributed by atoms with Crippen molar-refractivity contribution in [2.75, 3.05) is 7.11 Å². The van der Waals surface area contributed by atoms with Gasteiger partial charge in [-0.3, -0.25) is 4.79 Å². The van der Waals surface area contributed by atoms with Crippen LogP contribution in [0.2, 0.25) is 0 Å². The van der Waals surface area contributed by atoms with Crippen LogP contribution in [0.15, 0.2) is 48.5 Å². The smallest absolute Gasteiger partial charge is 0.315 e. The van der Waals surface area contributed by atoms with Crippen molar-refractivity contribution in [2.24, 2.45) is 11.3 Å². The lowest BCUT2D eigenvalue weighted by Crippen LogP contribution is -2.60. The van der Waals surface area contributed by atoms with E-state index < -0.39 is 0 Å². The lowest BCUT2D eigenvalue weighted by molar-refractivity contribution is -0.139. The first-order valence-electron chi connectivity index (χ1n) is 12.1. The third-order valence-corrected chi connectivity index (χ3v) is 7.73. The maximum Gasteiger partial charge on any atom is 0.315 e. The van der Waals surface area contributed by atoms with E-state index in [0.717, 1.165) is 56.3 Å². The number of benzene rings is 2. The summed E-state index contributed by atoms with van der Waals surface area (Å²) in [6.45, 7) is 0.488.